The minimum atomic E-state index is -0.594. The summed E-state index contributed by atoms with van der Waals surface area (Å²) < 4.78 is 27.9. The number of carbonyl (C=O) groups is 1. The second-order valence-electron chi connectivity index (χ2n) is 5.86. The molecule has 2 atom stereocenters. The highest BCUT2D eigenvalue weighted by Crippen LogP contribution is 2.24. The van der Waals surface area contributed by atoms with Gasteiger partial charge in [0.25, 0.3) is 0 Å². The number of likely N-dealkylation sites (N-methyl/N-ethyl adjacent to an activating group) is 1. The Labute approximate surface area is 129 Å². The number of halogens is 2. The van der Waals surface area contributed by atoms with Crippen LogP contribution >= 0.6 is 0 Å². The highest BCUT2D eigenvalue weighted by Gasteiger charge is 2.25. The molecular formula is C16H23F2N3O. The van der Waals surface area contributed by atoms with Gasteiger partial charge in [-0.15, -0.1) is 0 Å². The molecule has 22 heavy (non-hydrogen) atoms. The number of rotatable bonds is 5. The lowest BCUT2D eigenvalue weighted by atomic mass is 10.0. The lowest BCUT2D eigenvalue weighted by Crippen LogP contribution is -2.48. The SMILES string of the molecule is CN(C)C(CNC(=O)[C@H]1CCCCN1)c1c(F)cccc1F. The first-order valence-corrected chi connectivity index (χ1v) is 7.62. The van der Waals surface area contributed by atoms with E-state index in [2.05, 4.69) is 10.6 Å². The van der Waals surface area contributed by atoms with E-state index in [4.69, 9.17) is 0 Å². The molecule has 1 heterocycles. The second-order valence-corrected chi connectivity index (χ2v) is 5.86. The average molecular weight is 311 g/mol. The minimum Gasteiger partial charge on any atom is -0.353 e. The summed E-state index contributed by atoms with van der Waals surface area (Å²) in [5.41, 5.74) is -0.00981. The summed E-state index contributed by atoms with van der Waals surface area (Å²) in [5.74, 6) is -1.30. The van der Waals surface area contributed by atoms with Gasteiger partial charge in [0.2, 0.25) is 5.91 Å². The van der Waals surface area contributed by atoms with E-state index in [1.165, 1.54) is 18.2 Å². The molecule has 1 aromatic carbocycles. The average Bonchev–Trinajstić information content (AvgIpc) is 2.50. The molecule has 122 valence electrons. The standard InChI is InChI=1S/C16H23F2N3O/c1-21(2)14(15-11(17)6-5-7-12(15)18)10-20-16(22)13-8-3-4-9-19-13/h5-7,13-14,19H,3-4,8-10H2,1-2H3,(H,20,22)/t13-,14?/m1/s1. The Morgan fingerprint density at radius 1 is 1.36 bits per heavy atom. The normalized spacial score (nSPS) is 20.0. The van der Waals surface area contributed by atoms with Gasteiger partial charge in [-0.3, -0.25) is 4.79 Å². The molecule has 2 rings (SSSR count). The van der Waals surface area contributed by atoms with Gasteiger partial charge in [0.05, 0.1) is 12.1 Å². The predicted octanol–water partition coefficient (Wildman–Crippen LogP) is 1.83. The molecule has 0 saturated carbocycles. The largest absolute Gasteiger partial charge is 0.353 e. The van der Waals surface area contributed by atoms with Crippen LogP contribution in [0.5, 0.6) is 0 Å². The molecule has 1 unspecified atom stereocenters. The maximum atomic E-state index is 13.9. The molecule has 1 aromatic rings. The van der Waals surface area contributed by atoms with Crippen molar-refractivity contribution >= 4 is 5.91 Å². The summed E-state index contributed by atoms with van der Waals surface area (Å²) in [4.78, 5) is 13.9. The minimum absolute atomic E-state index is 0.00981. The monoisotopic (exact) mass is 311 g/mol. The second kappa shape index (κ2) is 7.65. The molecule has 0 spiro atoms. The van der Waals surface area contributed by atoms with Crippen molar-refractivity contribution in [3.05, 3.63) is 35.4 Å². The predicted molar refractivity (Wildman–Crippen MR) is 81.4 cm³/mol. The summed E-state index contributed by atoms with van der Waals surface area (Å²) >= 11 is 0. The molecule has 1 aliphatic heterocycles. The number of carbonyl (C=O) groups excluding carboxylic acids is 1. The summed E-state index contributed by atoms with van der Waals surface area (Å²) in [6.45, 7) is 0.999. The molecule has 0 aliphatic carbocycles. The van der Waals surface area contributed by atoms with Gasteiger partial charge in [0.1, 0.15) is 11.6 Å². The van der Waals surface area contributed by atoms with Crippen molar-refractivity contribution in [2.75, 3.05) is 27.2 Å². The van der Waals surface area contributed by atoms with Gasteiger partial charge in [-0.1, -0.05) is 12.5 Å². The Kier molecular flexibility index (Phi) is 5.85. The van der Waals surface area contributed by atoms with Gasteiger partial charge in [0.15, 0.2) is 0 Å². The van der Waals surface area contributed by atoms with Crippen LogP contribution in [0.1, 0.15) is 30.9 Å². The molecule has 6 heteroatoms. The van der Waals surface area contributed by atoms with Gasteiger partial charge in [-0.2, -0.15) is 0 Å². The Bertz CT molecular complexity index is 496. The Balaban J connectivity index is 2.05. The molecular weight excluding hydrogens is 288 g/mol. The summed E-state index contributed by atoms with van der Waals surface area (Å²) in [6.07, 6.45) is 2.89. The van der Waals surface area contributed by atoms with Crippen molar-refractivity contribution in [1.82, 2.24) is 15.5 Å². The van der Waals surface area contributed by atoms with Crippen molar-refractivity contribution < 1.29 is 13.6 Å². The Hall–Kier alpha value is -1.53. The number of nitrogens with zero attached hydrogens (tertiary/aromatic N) is 1. The fourth-order valence-electron chi connectivity index (χ4n) is 2.77. The number of nitrogens with one attached hydrogen (secondary N) is 2. The van der Waals surface area contributed by atoms with Crippen molar-refractivity contribution in [1.29, 1.82) is 0 Å². The van der Waals surface area contributed by atoms with E-state index in [1.54, 1.807) is 19.0 Å². The van der Waals surface area contributed by atoms with E-state index in [-0.39, 0.29) is 24.1 Å². The lowest BCUT2D eigenvalue weighted by Gasteiger charge is -2.28. The highest BCUT2D eigenvalue weighted by atomic mass is 19.1. The maximum absolute atomic E-state index is 13.9. The first-order chi connectivity index (χ1) is 10.5. The van der Waals surface area contributed by atoms with Crippen molar-refractivity contribution in [2.45, 2.75) is 31.3 Å². The van der Waals surface area contributed by atoms with Crippen molar-refractivity contribution in [2.24, 2.45) is 0 Å². The fourth-order valence-corrected chi connectivity index (χ4v) is 2.77. The molecule has 1 saturated heterocycles. The molecule has 1 aliphatic rings. The Morgan fingerprint density at radius 3 is 2.59 bits per heavy atom. The van der Waals surface area contributed by atoms with E-state index >= 15 is 0 Å². The topological polar surface area (TPSA) is 44.4 Å². The smallest absolute Gasteiger partial charge is 0.237 e. The third kappa shape index (κ3) is 4.01. The van der Waals surface area contributed by atoms with Crippen LogP contribution in [0.25, 0.3) is 0 Å². The van der Waals surface area contributed by atoms with Crippen LogP contribution in [0.4, 0.5) is 8.78 Å². The summed E-state index contributed by atoms with van der Waals surface area (Å²) in [7, 11) is 3.48. The van der Waals surface area contributed by atoms with Gasteiger partial charge in [-0.25, -0.2) is 8.78 Å². The van der Waals surface area contributed by atoms with Crippen LogP contribution in [0.3, 0.4) is 0 Å². The van der Waals surface area contributed by atoms with Crippen LogP contribution in [0.2, 0.25) is 0 Å². The first kappa shape index (κ1) is 16.8. The van der Waals surface area contributed by atoms with E-state index < -0.39 is 17.7 Å². The van der Waals surface area contributed by atoms with Crippen molar-refractivity contribution in [3.8, 4) is 0 Å². The van der Waals surface area contributed by atoms with Crippen molar-refractivity contribution in [3.63, 3.8) is 0 Å². The number of hydrogen-bond donors (Lipinski definition) is 2. The molecule has 0 radical (unpaired) electrons. The van der Waals surface area contributed by atoms with Gasteiger partial charge < -0.3 is 15.5 Å². The van der Waals surface area contributed by atoms with Crippen LogP contribution in [0, 0.1) is 11.6 Å². The summed E-state index contributed by atoms with van der Waals surface area (Å²) in [5, 5.41) is 5.97. The van der Waals surface area contributed by atoms with Crippen LogP contribution < -0.4 is 10.6 Å². The summed E-state index contributed by atoms with van der Waals surface area (Å²) in [6, 6.07) is 3.06. The number of piperidine rings is 1. The molecule has 4 nitrogen and oxygen atoms in total. The Morgan fingerprint density at radius 2 is 2.05 bits per heavy atom. The molecule has 1 fully saturated rings. The van der Waals surface area contributed by atoms with Gasteiger partial charge in [0, 0.05) is 12.1 Å². The van der Waals surface area contributed by atoms with E-state index in [0.717, 1.165) is 25.8 Å². The quantitative estimate of drug-likeness (QED) is 0.872. The number of benzene rings is 1. The van der Waals surface area contributed by atoms with E-state index in [9.17, 15) is 13.6 Å². The first-order valence-electron chi connectivity index (χ1n) is 7.62. The van der Waals surface area contributed by atoms with Crippen LogP contribution in [-0.4, -0.2) is 44.0 Å². The van der Waals surface area contributed by atoms with E-state index in [1.807, 2.05) is 0 Å². The third-order valence-corrected chi connectivity index (χ3v) is 4.05. The molecule has 0 bridgehead atoms. The zero-order chi connectivity index (χ0) is 16.1. The van der Waals surface area contributed by atoms with Gasteiger partial charge >= 0.3 is 0 Å². The van der Waals surface area contributed by atoms with Crippen LogP contribution in [-0.2, 0) is 4.79 Å². The van der Waals surface area contributed by atoms with E-state index in [0.29, 0.717) is 0 Å². The zero-order valence-electron chi connectivity index (χ0n) is 13.0. The third-order valence-electron chi connectivity index (χ3n) is 4.05. The van der Waals surface area contributed by atoms with Crippen LogP contribution in [0.15, 0.2) is 18.2 Å². The molecule has 2 N–H and O–H groups in total. The highest BCUT2D eigenvalue weighted by molar-refractivity contribution is 5.81. The number of hydrogen-bond acceptors (Lipinski definition) is 3. The zero-order valence-corrected chi connectivity index (χ0v) is 13.0. The maximum Gasteiger partial charge on any atom is 0.237 e. The number of amides is 1. The lowest BCUT2D eigenvalue weighted by molar-refractivity contribution is -0.123. The van der Waals surface area contributed by atoms with Gasteiger partial charge in [-0.05, 0) is 45.6 Å². The fraction of sp³-hybridized carbons (Fsp3) is 0.562. The molecule has 0 aromatic heterocycles. The molecule has 1 amide bonds.